The van der Waals surface area contributed by atoms with Crippen molar-refractivity contribution in [1.82, 2.24) is 15.0 Å². The molecule has 2 rings (SSSR count). The van der Waals surface area contributed by atoms with Gasteiger partial charge in [0, 0.05) is 20.0 Å². The van der Waals surface area contributed by atoms with Gasteiger partial charge >= 0.3 is 0 Å². The number of amides is 1. The van der Waals surface area contributed by atoms with Crippen molar-refractivity contribution in [3.05, 3.63) is 11.7 Å². The average molecular weight is 223 g/mol. The molecule has 5 nitrogen and oxygen atoms in total. The van der Waals surface area contributed by atoms with Crippen LogP contribution in [0.4, 0.5) is 0 Å². The van der Waals surface area contributed by atoms with Crippen LogP contribution in [0.3, 0.4) is 0 Å². The van der Waals surface area contributed by atoms with Gasteiger partial charge in [-0.2, -0.15) is 4.98 Å². The zero-order chi connectivity index (χ0) is 11.4. The predicted octanol–water partition coefficient (Wildman–Crippen LogP) is 1.32. The Balaban J connectivity index is 1.91. The third-order valence-electron chi connectivity index (χ3n) is 2.84. The number of aryl methyl sites for hydroxylation is 1. The third-order valence-corrected chi connectivity index (χ3v) is 2.84. The number of carbonyl (C=O) groups excluding carboxylic acids is 1. The van der Waals surface area contributed by atoms with Crippen LogP contribution in [0.2, 0.25) is 0 Å². The van der Waals surface area contributed by atoms with Gasteiger partial charge < -0.3 is 9.42 Å². The van der Waals surface area contributed by atoms with Crippen LogP contribution in [0, 0.1) is 6.92 Å². The summed E-state index contributed by atoms with van der Waals surface area (Å²) in [4.78, 5) is 17.9. The highest BCUT2D eigenvalue weighted by molar-refractivity contribution is 5.77. The second-order valence-corrected chi connectivity index (χ2v) is 4.20. The summed E-state index contributed by atoms with van der Waals surface area (Å²) >= 11 is 0. The van der Waals surface area contributed by atoms with Crippen molar-refractivity contribution in [2.24, 2.45) is 0 Å². The Morgan fingerprint density at radius 1 is 1.31 bits per heavy atom. The van der Waals surface area contributed by atoms with E-state index in [0.29, 0.717) is 11.7 Å². The molecular weight excluding hydrogens is 206 g/mol. The van der Waals surface area contributed by atoms with Crippen LogP contribution in [0.25, 0.3) is 0 Å². The highest BCUT2D eigenvalue weighted by Crippen LogP contribution is 2.10. The van der Waals surface area contributed by atoms with Crippen LogP contribution >= 0.6 is 0 Å². The molecule has 0 unspecified atom stereocenters. The molecule has 0 saturated carbocycles. The molecule has 1 fully saturated rings. The van der Waals surface area contributed by atoms with Gasteiger partial charge in [0.25, 0.3) is 0 Å². The largest absolute Gasteiger partial charge is 0.342 e. The van der Waals surface area contributed by atoms with Crippen molar-refractivity contribution in [3.8, 4) is 0 Å². The first-order chi connectivity index (χ1) is 7.75. The van der Waals surface area contributed by atoms with Crippen LogP contribution in [0.1, 0.15) is 37.4 Å². The number of carbonyl (C=O) groups is 1. The van der Waals surface area contributed by atoms with Gasteiger partial charge in [0.05, 0.1) is 6.42 Å². The summed E-state index contributed by atoms with van der Waals surface area (Å²) in [6.45, 7) is 3.47. The second-order valence-electron chi connectivity index (χ2n) is 4.20. The van der Waals surface area contributed by atoms with Crippen molar-refractivity contribution in [3.63, 3.8) is 0 Å². The molecule has 1 saturated heterocycles. The zero-order valence-corrected chi connectivity index (χ0v) is 9.61. The van der Waals surface area contributed by atoms with Crippen molar-refractivity contribution >= 4 is 5.91 Å². The predicted molar refractivity (Wildman–Crippen MR) is 57.8 cm³/mol. The van der Waals surface area contributed by atoms with Crippen LogP contribution in [0.5, 0.6) is 0 Å². The van der Waals surface area contributed by atoms with Gasteiger partial charge in [-0.1, -0.05) is 18.0 Å². The van der Waals surface area contributed by atoms with E-state index in [1.165, 1.54) is 12.8 Å². The van der Waals surface area contributed by atoms with Gasteiger partial charge in [-0.25, -0.2) is 0 Å². The van der Waals surface area contributed by atoms with Crippen molar-refractivity contribution in [2.75, 3.05) is 13.1 Å². The maximum atomic E-state index is 11.9. The van der Waals surface area contributed by atoms with Crippen LogP contribution < -0.4 is 0 Å². The molecule has 1 aliphatic rings. The number of hydrogen-bond donors (Lipinski definition) is 0. The fourth-order valence-electron chi connectivity index (χ4n) is 1.98. The summed E-state index contributed by atoms with van der Waals surface area (Å²) in [7, 11) is 0. The topological polar surface area (TPSA) is 59.2 Å². The van der Waals surface area contributed by atoms with Gasteiger partial charge in [0.2, 0.25) is 11.8 Å². The third kappa shape index (κ3) is 2.81. The smallest absolute Gasteiger partial charge is 0.230 e. The Kier molecular flexibility index (Phi) is 3.54. The first kappa shape index (κ1) is 11.1. The molecule has 0 atom stereocenters. The quantitative estimate of drug-likeness (QED) is 0.758. The van der Waals surface area contributed by atoms with Crippen molar-refractivity contribution in [1.29, 1.82) is 0 Å². The van der Waals surface area contributed by atoms with Crippen molar-refractivity contribution in [2.45, 2.75) is 39.0 Å². The molecular formula is C11H17N3O2. The summed E-state index contributed by atoms with van der Waals surface area (Å²) < 4.78 is 4.85. The molecule has 1 aromatic rings. The number of hydrogen-bond acceptors (Lipinski definition) is 4. The maximum absolute atomic E-state index is 11.9. The zero-order valence-electron chi connectivity index (χ0n) is 9.61. The molecule has 1 amide bonds. The van der Waals surface area contributed by atoms with E-state index in [1.807, 2.05) is 4.90 Å². The fraction of sp³-hybridized carbons (Fsp3) is 0.727. The molecule has 0 aliphatic carbocycles. The molecule has 0 N–H and O–H groups in total. The van der Waals surface area contributed by atoms with Crippen LogP contribution in [0.15, 0.2) is 4.52 Å². The summed E-state index contributed by atoms with van der Waals surface area (Å²) in [6.07, 6.45) is 4.93. The lowest BCUT2D eigenvalue weighted by Crippen LogP contribution is -2.33. The molecule has 88 valence electrons. The first-order valence-corrected chi connectivity index (χ1v) is 5.82. The minimum absolute atomic E-state index is 0.114. The highest BCUT2D eigenvalue weighted by Gasteiger charge is 2.17. The van der Waals surface area contributed by atoms with Gasteiger partial charge in [0.15, 0.2) is 5.82 Å². The van der Waals surface area contributed by atoms with E-state index in [4.69, 9.17) is 4.52 Å². The van der Waals surface area contributed by atoms with Crippen LogP contribution in [-0.4, -0.2) is 34.0 Å². The standard InChI is InChI=1S/C11H17N3O2/c1-9-12-10(13-16-9)8-11(15)14-6-4-2-3-5-7-14/h2-8H2,1H3. The molecule has 0 aromatic carbocycles. The fourth-order valence-corrected chi connectivity index (χ4v) is 1.98. The number of nitrogens with zero attached hydrogens (tertiary/aromatic N) is 3. The Morgan fingerprint density at radius 3 is 2.56 bits per heavy atom. The molecule has 2 heterocycles. The Bertz CT molecular complexity index is 354. The van der Waals surface area contributed by atoms with E-state index >= 15 is 0 Å². The van der Waals surface area contributed by atoms with E-state index in [9.17, 15) is 4.79 Å². The summed E-state index contributed by atoms with van der Waals surface area (Å²) in [6, 6.07) is 0. The summed E-state index contributed by atoms with van der Waals surface area (Å²) in [5.74, 6) is 1.12. The molecule has 5 heteroatoms. The SMILES string of the molecule is Cc1nc(CC(=O)N2CCCCCC2)no1. The summed E-state index contributed by atoms with van der Waals surface area (Å²) in [5, 5.41) is 3.74. The van der Waals surface area contributed by atoms with E-state index in [-0.39, 0.29) is 12.3 Å². The lowest BCUT2D eigenvalue weighted by molar-refractivity contribution is -0.130. The molecule has 0 spiro atoms. The Morgan fingerprint density at radius 2 is 2.00 bits per heavy atom. The van der Waals surface area contributed by atoms with E-state index in [2.05, 4.69) is 10.1 Å². The van der Waals surface area contributed by atoms with Gasteiger partial charge in [-0.3, -0.25) is 4.79 Å². The molecule has 0 radical (unpaired) electrons. The number of aromatic nitrogens is 2. The minimum atomic E-state index is 0.114. The monoisotopic (exact) mass is 223 g/mol. The van der Waals surface area contributed by atoms with E-state index in [0.717, 1.165) is 25.9 Å². The molecule has 0 bridgehead atoms. The minimum Gasteiger partial charge on any atom is -0.342 e. The normalized spacial score (nSPS) is 17.2. The van der Waals surface area contributed by atoms with Gasteiger partial charge in [-0.15, -0.1) is 0 Å². The number of likely N-dealkylation sites (tertiary alicyclic amines) is 1. The first-order valence-electron chi connectivity index (χ1n) is 5.82. The Hall–Kier alpha value is -1.39. The second kappa shape index (κ2) is 5.09. The van der Waals surface area contributed by atoms with Gasteiger partial charge in [-0.05, 0) is 12.8 Å². The van der Waals surface area contributed by atoms with Gasteiger partial charge in [0.1, 0.15) is 0 Å². The highest BCUT2D eigenvalue weighted by atomic mass is 16.5. The summed E-state index contributed by atoms with van der Waals surface area (Å²) in [5.41, 5.74) is 0. The van der Waals surface area contributed by atoms with Crippen LogP contribution in [-0.2, 0) is 11.2 Å². The average Bonchev–Trinajstić information content (AvgIpc) is 2.56. The Labute approximate surface area is 94.8 Å². The van der Waals surface area contributed by atoms with Crippen molar-refractivity contribution < 1.29 is 9.32 Å². The molecule has 16 heavy (non-hydrogen) atoms. The molecule has 1 aliphatic heterocycles. The van der Waals surface area contributed by atoms with E-state index < -0.39 is 0 Å². The molecule has 1 aromatic heterocycles. The lowest BCUT2D eigenvalue weighted by Gasteiger charge is -2.19. The maximum Gasteiger partial charge on any atom is 0.230 e. The van der Waals surface area contributed by atoms with E-state index in [1.54, 1.807) is 6.92 Å². The number of rotatable bonds is 2. The lowest BCUT2D eigenvalue weighted by atomic mass is 10.2.